The van der Waals surface area contributed by atoms with Crippen molar-refractivity contribution in [3.05, 3.63) is 23.5 Å². The minimum absolute atomic E-state index is 0.428. The summed E-state index contributed by atoms with van der Waals surface area (Å²) in [6.07, 6.45) is 7.35. The third kappa shape index (κ3) is 1.33. The minimum atomic E-state index is 0.428. The zero-order valence-electron chi connectivity index (χ0n) is 7.94. The predicted octanol–water partition coefficient (Wildman–Crippen LogP) is 2.29. The Bertz CT molecular complexity index is 380. The van der Waals surface area contributed by atoms with Gasteiger partial charge in [0.15, 0.2) is 6.29 Å². The van der Waals surface area contributed by atoms with Crippen molar-refractivity contribution in [2.45, 2.75) is 31.7 Å². The van der Waals surface area contributed by atoms with Gasteiger partial charge in [-0.05, 0) is 18.9 Å². The Kier molecular flexibility index (Phi) is 2.36. The molecule has 0 N–H and O–H groups in total. The summed E-state index contributed by atoms with van der Waals surface area (Å²) in [5.74, 6) is 0. The third-order valence-electron chi connectivity index (χ3n) is 2.91. The Labute approximate surface area is 83.0 Å². The first-order chi connectivity index (χ1) is 6.86. The van der Waals surface area contributed by atoms with Crippen molar-refractivity contribution in [2.24, 2.45) is 0 Å². The lowest BCUT2D eigenvalue weighted by molar-refractivity contribution is 0.111. The van der Waals surface area contributed by atoms with Crippen molar-refractivity contribution in [2.75, 3.05) is 0 Å². The van der Waals surface area contributed by atoms with Crippen LogP contribution in [0.4, 0.5) is 0 Å². The van der Waals surface area contributed by atoms with Gasteiger partial charge >= 0.3 is 0 Å². The van der Waals surface area contributed by atoms with Crippen LogP contribution in [0.2, 0.25) is 0 Å². The SMILES string of the molecule is N#Cc1ccn(C2CCCC2)c1C=O. The van der Waals surface area contributed by atoms with Crippen LogP contribution >= 0.6 is 0 Å². The number of aromatic nitrogens is 1. The molecule has 1 aliphatic rings. The highest BCUT2D eigenvalue weighted by Crippen LogP contribution is 2.31. The highest BCUT2D eigenvalue weighted by molar-refractivity contribution is 5.77. The molecule has 0 saturated heterocycles. The summed E-state index contributed by atoms with van der Waals surface area (Å²) in [6, 6.07) is 4.19. The van der Waals surface area contributed by atoms with Gasteiger partial charge in [-0.3, -0.25) is 4.79 Å². The van der Waals surface area contributed by atoms with Crippen molar-refractivity contribution in [1.29, 1.82) is 5.26 Å². The second kappa shape index (κ2) is 3.67. The highest BCUT2D eigenvalue weighted by Gasteiger charge is 2.20. The lowest BCUT2D eigenvalue weighted by Crippen LogP contribution is -2.07. The smallest absolute Gasteiger partial charge is 0.167 e. The molecule has 1 saturated carbocycles. The van der Waals surface area contributed by atoms with Gasteiger partial charge in [-0.2, -0.15) is 5.26 Å². The Balaban J connectivity index is 2.38. The second-order valence-corrected chi connectivity index (χ2v) is 3.69. The van der Waals surface area contributed by atoms with E-state index in [1.54, 1.807) is 6.07 Å². The van der Waals surface area contributed by atoms with Crippen LogP contribution in [-0.4, -0.2) is 10.9 Å². The number of rotatable bonds is 2. The summed E-state index contributed by atoms with van der Waals surface area (Å²) in [4.78, 5) is 10.9. The Hall–Kier alpha value is -1.56. The fraction of sp³-hybridized carbons (Fsp3) is 0.455. The maximum Gasteiger partial charge on any atom is 0.167 e. The van der Waals surface area contributed by atoms with Gasteiger partial charge < -0.3 is 4.57 Å². The van der Waals surface area contributed by atoms with E-state index >= 15 is 0 Å². The predicted molar refractivity (Wildman–Crippen MR) is 52.0 cm³/mol. The van der Waals surface area contributed by atoms with Gasteiger partial charge in [-0.25, -0.2) is 0 Å². The van der Waals surface area contributed by atoms with Crippen LogP contribution in [0.25, 0.3) is 0 Å². The van der Waals surface area contributed by atoms with E-state index in [9.17, 15) is 4.79 Å². The quantitative estimate of drug-likeness (QED) is 0.668. The zero-order chi connectivity index (χ0) is 9.97. The summed E-state index contributed by atoms with van der Waals surface area (Å²) < 4.78 is 1.96. The summed E-state index contributed by atoms with van der Waals surface area (Å²) in [6.45, 7) is 0. The van der Waals surface area contributed by atoms with E-state index in [2.05, 4.69) is 0 Å². The standard InChI is InChI=1S/C11H12N2O/c12-7-9-5-6-13(11(9)8-14)10-3-1-2-4-10/h5-6,8,10H,1-4H2. The maximum absolute atomic E-state index is 10.9. The van der Waals surface area contributed by atoms with Gasteiger partial charge in [0.1, 0.15) is 6.07 Å². The van der Waals surface area contributed by atoms with E-state index in [-0.39, 0.29) is 0 Å². The van der Waals surface area contributed by atoms with E-state index in [1.807, 2.05) is 16.8 Å². The minimum Gasteiger partial charge on any atom is -0.341 e. The molecule has 1 aromatic rings. The molecule has 72 valence electrons. The summed E-state index contributed by atoms with van der Waals surface area (Å²) in [7, 11) is 0. The number of nitriles is 1. The number of aldehydes is 1. The first-order valence-corrected chi connectivity index (χ1v) is 4.93. The summed E-state index contributed by atoms with van der Waals surface area (Å²) >= 11 is 0. The van der Waals surface area contributed by atoms with Gasteiger partial charge in [0.25, 0.3) is 0 Å². The number of carbonyl (C=O) groups excluding carboxylic acids is 1. The average Bonchev–Trinajstić information content (AvgIpc) is 2.85. The monoisotopic (exact) mass is 188 g/mol. The molecule has 0 spiro atoms. The first-order valence-electron chi connectivity index (χ1n) is 4.93. The molecule has 3 heteroatoms. The molecular formula is C11H12N2O. The van der Waals surface area contributed by atoms with Crippen molar-refractivity contribution >= 4 is 6.29 Å². The molecule has 14 heavy (non-hydrogen) atoms. The largest absolute Gasteiger partial charge is 0.341 e. The topological polar surface area (TPSA) is 45.8 Å². The molecule has 3 nitrogen and oxygen atoms in total. The molecule has 1 aliphatic carbocycles. The molecule has 1 aromatic heterocycles. The molecule has 2 rings (SSSR count). The Morgan fingerprint density at radius 3 is 2.79 bits per heavy atom. The Morgan fingerprint density at radius 2 is 2.21 bits per heavy atom. The van der Waals surface area contributed by atoms with Crippen LogP contribution < -0.4 is 0 Å². The first kappa shape index (κ1) is 9.01. The number of hydrogen-bond acceptors (Lipinski definition) is 2. The molecular weight excluding hydrogens is 176 g/mol. The molecule has 0 aliphatic heterocycles. The molecule has 0 amide bonds. The fourth-order valence-corrected chi connectivity index (χ4v) is 2.18. The van der Waals surface area contributed by atoms with Gasteiger partial charge in [0.2, 0.25) is 0 Å². The molecule has 1 fully saturated rings. The molecule has 0 radical (unpaired) electrons. The van der Waals surface area contributed by atoms with Crippen molar-refractivity contribution in [3.63, 3.8) is 0 Å². The maximum atomic E-state index is 10.9. The van der Waals surface area contributed by atoms with Gasteiger partial charge in [-0.15, -0.1) is 0 Å². The van der Waals surface area contributed by atoms with E-state index in [4.69, 9.17) is 5.26 Å². The normalized spacial score (nSPS) is 16.8. The number of hydrogen-bond donors (Lipinski definition) is 0. The highest BCUT2D eigenvalue weighted by atomic mass is 16.1. The average molecular weight is 188 g/mol. The van der Waals surface area contributed by atoms with Crippen LogP contribution in [0.1, 0.15) is 47.8 Å². The van der Waals surface area contributed by atoms with E-state index in [0.29, 0.717) is 17.3 Å². The van der Waals surface area contributed by atoms with E-state index in [0.717, 1.165) is 19.1 Å². The Morgan fingerprint density at radius 1 is 1.50 bits per heavy atom. The molecule has 0 unspecified atom stereocenters. The number of carbonyl (C=O) groups is 1. The lowest BCUT2D eigenvalue weighted by Gasteiger charge is -2.13. The zero-order valence-corrected chi connectivity index (χ0v) is 7.94. The van der Waals surface area contributed by atoms with E-state index < -0.39 is 0 Å². The fourth-order valence-electron chi connectivity index (χ4n) is 2.18. The molecule has 0 aromatic carbocycles. The van der Waals surface area contributed by atoms with Crippen LogP contribution in [0.5, 0.6) is 0 Å². The van der Waals surface area contributed by atoms with Gasteiger partial charge in [0, 0.05) is 12.2 Å². The van der Waals surface area contributed by atoms with Crippen LogP contribution in [0, 0.1) is 11.3 Å². The lowest BCUT2D eigenvalue weighted by atomic mass is 10.2. The molecule has 1 heterocycles. The third-order valence-corrected chi connectivity index (χ3v) is 2.91. The molecule has 0 bridgehead atoms. The van der Waals surface area contributed by atoms with Crippen LogP contribution in [0.15, 0.2) is 12.3 Å². The summed E-state index contributed by atoms with van der Waals surface area (Å²) in [5, 5.41) is 8.78. The second-order valence-electron chi connectivity index (χ2n) is 3.69. The van der Waals surface area contributed by atoms with E-state index in [1.165, 1.54) is 12.8 Å². The van der Waals surface area contributed by atoms with Crippen molar-refractivity contribution in [3.8, 4) is 6.07 Å². The molecule has 0 atom stereocenters. The van der Waals surface area contributed by atoms with Crippen molar-refractivity contribution in [1.82, 2.24) is 4.57 Å². The summed E-state index contributed by atoms with van der Waals surface area (Å²) in [5.41, 5.74) is 1.03. The van der Waals surface area contributed by atoms with Crippen LogP contribution in [0.3, 0.4) is 0 Å². The number of nitrogens with zero attached hydrogens (tertiary/aromatic N) is 2. The van der Waals surface area contributed by atoms with Gasteiger partial charge in [-0.1, -0.05) is 12.8 Å². The van der Waals surface area contributed by atoms with Crippen LogP contribution in [-0.2, 0) is 0 Å². The van der Waals surface area contributed by atoms with Crippen molar-refractivity contribution < 1.29 is 4.79 Å². The van der Waals surface area contributed by atoms with Gasteiger partial charge in [0.05, 0.1) is 11.3 Å².